The lowest BCUT2D eigenvalue weighted by molar-refractivity contribution is -0.128. The van der Waals surface area contributed by atoms with Crippen molar-refractivity contribution in [2.24, 2.45) is 0 Å². The van der Waals surface area contributed by atoms with E-state index >= 15 is 0 Å². The van der Waals surface area contributed by atoms with Gasteiger partial charge in [0.05, 0.1) is 0 Å². The molecule has 114 valence electrons. The molecular formula is C15H20N2O4. The summed E-state index contributed by atoms with van der Waals surface area (Å²) in [4.78, 5) is 23.2. The van der Waals surface area contributed by atoms with Crippen LogP contribution in [0.15, 0.2) is 18.2 Å². The fraction of sp³-hybridized carbons (Fsp3) is 0.467. The lowest BCUT2D eigenvalue weighted by Gasteiger charge is -2.19. The maximum atomic E-state index is 12.0. The quantitative estimate of drug-likeness (QED) is 0.718. The number of ether oxygens (including phenoxy) is 1. The Labute approximate surface area is 123 Å². The van der Waals surface area contributed by atoms with Gasteiger partial charge in [-0.3, -0.25) is 4.79 Å². The van der Waals surface area contributed by atoms with Crippen molar-refractivity contribution in [1.82, 2.24) is 5.32 Å². The molecule has 1 amide bonds. The van der Waals surface area contributed by atoms with E-state index in [0.717, 1.165) is 25.7 Å². The highest BCUT2D eigenvalue weighted by Crippen LogP contribution is 2.23. The number of rotatable bonds is 5. The zero-order valence-corrected chi connectivity index (χ0v) is 12.0. The van der Waals surface area contributed by atoms with Crippen molar-refractivity contribution in [2.45, 2.75) is 44.8 Å². The number of carbonyl (C=O) groups excluding carboxylic acids is 1. The van der Waals surface area contributed by atoms with Crippen molar-refractivity contribution < 1.29 is 19.4 Å². The van der Waals surface area contributed by atoms with Gasteiger partial charge in [0.15, 0.2) is 6.10 Å². The normalized spacial score (nSPS) is 16.4. The minimum absolute atomic E-state index is 0.0458. The van der Waals surface area contributed by atoms with Crippen LogP contribution in [0.3, 0.4) is 0 Å². The molecular weight excluding hydrogens is 272 g/mol. The van der Waals surface area contributed by atoms with E-state index in [1.807, 2.05) is 0 Å². The van der Waals surface area contributed by atoms with Crippen LogP contribution in [0.5, 0.6) is 5.75 Å². The number of nitrogen functional groups attached to an aromatic ring is 1. The first-order chi connectivity index (χ1) is 9.97. The minimum Gasteiger partial charge on any atom is -0.480 e. The third-order valence-corrected chi connectivity index (χ3v) is 3.61. The number of benzene rings is 1. The molecule has 1 atom stereocenters. The molecule has 21 heavy (non-hydrogen) atoms. The fourth-order valence-corrected chi connectivity index (χ4v) is 2.45. The highest BCUT2D eigenvalue weighted by atomic mass is 16.5. The van der Waals surface area contributed by atoms with Gasteiger partial charge in [-0.25, -0.2) is 4.79 Å². The van der Waals surface area contributed by atoms with Gasteiger partial charge in [-0.05, 0) is 38.0 Å². The topological polar surface area (TPSA) is 102 Å². The molecule has 1 aliphatic carbocycles. The summed E-state index contributed by atoms with van der Waals surface area (Å²) in [7, 11) is 0. The van der Waals surface area contributed by atoms with Crippen LogP contribution >= 0.6 is 0 Å². The molecule has 0 aliphatic heterocycles. The SMILES string of the molecule is CC(Oc1ccc(N)cc1C(=O)O)C(=O)NC1CCCC1. The van der Waals surface area contributed by atoms with Crippen LogP contribution in [0.25, 0.3) is 0 Å². The largest absolute Gasteiger partial charge is 0.480 e. The Morgan fingerprint density at radius 1 is 1.38 bits per heavy atom. The van der Waals surface area contributed by atoms with Crippen LogP contribution in [-0.4, -0.2) is 29.1 Å². The van der Waals surface area contributed by atoms with Crippen LogP contribution in [0.4, 0.5) is 5.69 Å². The van der Waals surface area contributed by atoms with Gasteiger partial charge in [-0.2, -0.15) is 0 Å². The first-order valence-electron chi connectivity index (χ1n) is 7.07. The van der Waals surface area contributed by atoms with E-state index in [9.17, 15) is 9.59 Å². The molecule has 1 fully saturated rings. The molecule has 1 unspecified atom stereocenters. The van der Waals surface area contributed by atoms with Crippen molar-refractivity contribution in [3.8, 4) is 5.75 Å². The second kappa shape index (κ2) is 6.47. The number of anilines is 1. The maximum Gasteiger partial charge on any atom is 0.339 e. The number of carboxylic acids is 1. The Morgan fingerprint density at radius 3 is 2.67 bits per heavy atom. The van der Waals surface area contributed by atoms with E-state index < -0.39 is 12.1 Å². The lowest BCUT2D eigenvalue weighted by atomic mass is 10.1. The third-order valence-electron chi connectivity index (χ3n) is 3.61. The monoisotopic (exact) mass is 292 g/mol. The van der Waals surface area contributed by atoms with E-state index in [2.05, 4.69) is 5.32 Å². The molecule has 1 aromatic rings. The van der Waals surface area contributed by atoms with E-state index in [1.54, 1.807) is 13.0 Å². The zero-order valence-electron chi connectivity index (χ0n) is 12.0. The predicted molar refractivity (Wildman–Crippen MR) is 78.3 cm³/mol. The summed E-state index contributed by atoms with van der Waals surface area (Å²) in [5.41, 5.74) is 5.86. The molecule has 6 nitrogen and oxygen atoms in total. The molecule has 0 aromatic heterocycles. The number of amides is 1. The summed E-state index contributed by atoms with van der Waals surface area (Å²) < 4.78 is 5.49. The Bertz CT molecular complexity index is 538. The van der Waals surface area contributed by atoms with Crippen LogP contribution in [-0.2, 0) is 4.79 Å². The maximum absolute atomic E-state index is 12.0. The highest BCUT2D eigenvalue weighted by molar-refractivity contribution is 5.92. The van der Waals surface area contributed by atoms with Gasteiger partial charge < -0.3 is 20.9 Å². The Hall–Kier alpha value is -2.24. The number of nitrogens with two attached hydrogens (primary N) is 1. The molecule has 1 saturated carbocycles. The van der Waals surface area contributed by atoms with Crippen molar-refractivity contribution in [1.29, 1.82) is 0 Å². The molecule has 2 rings (SSSR count). The van der Waals surface area contributed by atoms with Gasteiger partial charge >= 0.3 is 5.97 Å². The Morgan fingerprint density at radius 2 is 2.05 bits per heavy atom. The smallest absolute Gasteiger partial charge is 0.339 e. The van der Waals surface area contributed by atoms with Crippen LogP contribution < -0.4 is 15.8 Å². The van der Waals surface area contributed by atoms with Crippen LogP contribution in [0.1, 0.15) is 43.0 Å². The second-order valence-electron chi connectivity index (χ2n) is 5.31. The number of carboxylic acid groups (broad SMARTS) is 1. The second-order valence-corrected chi connectivity index (χ2v) is 5.31. The van der Waals surface area contributed by atoms with Crippen molar-refractivity contribution in [3.63, 3.8) is 0 Å². The van der Waals surface area contributed by atoms with Crippen LogP contribution in [0.2, 0.25) is 0 Å². The molecule has 0 bridgehead atoms. The van der Waals surface area contributed by atoms with Crippen LogP contribution in [0, 0.1) is 0 Å². The molecule has 4 N–H and O–H groups in total. The number of hydrogen-bond donors (Lipinski definition) is 3. The van der Waals surface area contributed by atoms with E-state index in [4.69, 9.17) is 15.6 Å². The summed E-state index contributed by atoms with van der Waals surface area (Å²) in [6.45, 7) is 1.60. The number of carbonyl (C=O) groups is 2. The summed E-state index contributed by atoms with van der Waals surface area (Å²) in [6, 6.07) is 4.54. The predicted octanol–water partition coefficient (Wildman–Crippen LogP) is 1.79. The molecule has 6 heteroatoms. The van der Waals surface area contributed by atoms with E-state index in [-0.39, 0.29) is 23.3 Å². The van der Waals surface area contributed by atoms with E-state index in [1.165, 1.54) is 12.1 Å². The van der Waals surface area contributed by atoms with Crippen molar-refractivity contribution in [2.75, 3.05) is 5.73 Å². The first kappa shape index (κ1) is 15.2. The molecule has 1 aromatic carbocycles. The number of aromatic carboxylic acids is 1. The van der Waals surface area contributed by atoms with Gasteiger partial charge in [-0.15, -0.1) is 0 Å². The van der Waals surface area contributed by atoms with Gasteiger partial charge in [-0.1, -0.05) is 12.8 Å². The summed E-state index contributed by atoms with van der Waals surface area (Å²) >= 11 is 0. The van der Waals surface area contributed by atoms with Gasteiger partial charge in [0.25, 0.3) is 5.91 Å². The summed E-state index contributed by atoms with van der Waals surface area (Å²) in [5.74, 6) is -1.22. The molecule has 1 aliphatic rings. The molecule has 0 radical (unpaired) electrons. The first-order valence-corrected chi connectivity index (χ1v) is 7.07. The van der Waals surface area contributed by atoms with Gasteiger partial charge in [0.1, 0.15) is 11.3 Å². The average molecular weight is 292 g/mol. The molecule has 0 saturated heterocycles. The fourth-order valence-electron chi connectivity index (χ4n) is 2.45. The molecule has 0 heterocycles. The number of hydrogen-bond acceptors (Lipinski definition) is 4. The van der Waals surface area contributed by atoms with Crippen molar-refractivity contribution in [3.05, 3.63) is 23.8 Å². The van der Waals surface area contributed by atoms with Crippen molar-refractivity contribution >= 4 is 17.6 Å². The Kier molecular flexibility index (Phi) is 4.67. The standard InChI is InChI=1S/C15H20N2O4/c1-9(14(18)17-11-4-2-3-5-11)21-13-7-6-10(16)8-12(13)15(19)20/h6-9,11H,2-5,16H2,1H3,(H,17,18)(H,19,20). The third kappa shape index (κ3) is 3.87. The average Bonchev–Trinajstić information content (AvgIpc) is 2.93. The van der Waals surface area contributed by atoms with Gasteiger partial charge in [0.2, 0.25) is 0 Å². The van der Waals surface area contributed by atoms with E-state index in [0.29, 0.717) is 5.69 Å². The minimum atomic E-state index is -1.14. The Balaban J connectivity index is 2.03. The number of nitrogens with one attached hydrogen (secondary N) is 1. The zero-order chi connectivity index (χ0) is 15.4. The highest BCUT2D eigenvalue weighted by Gasteiger charge is 2.23. The van der Waals surface area contributed by atoms with Gasteiger partial charge in [0, 0.05) is 11.7 Å². The molecule has 0 spiro atoms. The summed E-state index contributed by atoms with van der Waals surface area (Å²) in [6.07, 6.45) is 3.47. The lowest BCUT2D eigenvalue weighted by Crippen LogP contribution is -2.41. The summed E-state index contributed by atoms with van der Waals surface area (Å²) in [5, 5.41) is 12.1.